The number of anilines is 4. The van der Waals surface area contributed by atoms with Crippen LogP contribution in [0.15, 0.2) is 133 Å². The second-order valence-corrected chi connectivity index (χ2v) is 24.3. The van der Waals surface area contributed by atoms with Crippen LogP contribution in [-0.2, 0) is 22.8 Å². The van der Waals surface area contributed by atoms with Gasteiger partial charge in [0.1, 0.15) is 17.2 Å². The highest BCUT2D eigenvalue weighted by Gasteiger charge is 2.62. The summed E-state index contributed by atoms with van der Waals surface area (Å²) in [5, 5.41) is 2.47. The van der Waals surface area contributed by atoms with Gasteiger partial charge in [0, 0.05) is 39.3 Å². The first-order valence-corrected chi connectivity index (χ1v) is 26.8. The molecule has 0 radical (unpaired) electrons. The van der Waals surface area contributed by atoms with Crippen molar-refractivity contribution in [1.82, 2.24) is 9.55 Å². The van der Waals surface area contributed by atoms with Gasteiger partial charge in [-0.2, -0.15) is 0 Å². The number of hydrogen-bond acceptors (Lipinski definition) is 4. The van der Waals surface area contributed by atoms with Gasteiger partial charge in [0.2, 0.25) is 0 Å². The third kappa shape index (κ3) is 6.66. The highest BCUT2D eigenvalue weighted by atomic mass is 15.4. The Balaban J connectivity index is 1.18. The lowest BCUT2D eigenvalue weighted by Gasteiger charge is -2.44. The molecule has 0 saturated heterocycles. The quantitative estimate of drug-likeness (QED) is 0.172. The molecule has 74 heavy (non-hydrogen) atoms. The topological polar surface area (TPSA) is 36.7 Å². The lowest BCUT2D eigenvalue weighted by atomic mass is 9.73. The molecule has 9 aromatic rings. The summed E-state index contributed by atoms with van der Waals surface area (Å²) in [5.74, 6) is 1.95. The highest BCUT2D eigenvalue weighted by molar-refractivity contribution is 6.16. The Morgan fingerprint density at radius 2 is 1.26 bits per heavy atom. The third-order valence-electron chi connectivity index (χ3n) is 18.4. The van der Waals surface area contributed by atoms with Gasteiger partial charge < -0.3 is 9.80 Å². The van der Waals surface area contributed by atoms with E-state index in [-0.39, 0.29) is 16.4 Å². The number of fused-ring (bicyclic) bond motifs is 8. The fourth-order valence-electron chi connectivity index (χ4n) is 13.6. The zero-order chi connectivity index (χ0) is 52.3. The monoisotopic (exact) mass is 970 g/mol. The number of hydrogen-bond donors (Lipinski definition) is 0. The first kappa shape index (κ1) is 47.7. The molecule has 2 aromatic heterocycles. The number of benzene rings is 7. The number of aromatic nitrogens is 2. The zero-order valence-electron chi connectivity index (χ0n) is 46.6. The summed E-state index contributed by atoms with van der Waals surface area (Å²) in [6.45, 7) is 37.0. The molecular weight excluding hydrogens is 899 g/mol. The summed E-state index contributed by atoms with van der Waals surface area (Å²) in [4.78, 5) is 16.6. The van der Waals surface area contributed by atoms with Crippen molar-refractivity contribution in [2.45, 2.75) is 139 Å². The van der Waals surface area contributed by atoms with Crippen LogP contribution in [0.4, 0.5) is 22.7 Å². The Morgan fingerprint density at radius 3 is 2.00 bits per heavy atom. The second kappa shape index (κ2) is 16.1. The van der Waals surface area contributed by atoms with Crippen LogP contribution in [0.25, 0.3) is 38.8 Å². The normalized spacial score (nSPS) is 18.7. The first-order chi connectivity index (χ1) is 35.0. The van der Waals surface area contributed by atoms with Gasteiger partial charge >= 0.3 is 0 Å². The van der Waals surface area contributed by atoms with E-state index in [0.29, 0.717) is 0 Å². The summed E-state index contributed by atoms with van der Waals surface area (Å²) in [5.41, 5.74) is 27.6. The van der Waals surface area contributed by atoms with Gasteiger partial charge in [-0.05, 0) is 232 Å². The van der Waals surface area contributed by atoms with E-state index >= 15 is 0 Å². The van der Waals surface area contributed by atoms with Crippen molar-refractivity contribution in [3.8, 4) is 16.9 Å². The Hall–Kier alpha value is -7.24. The van der Waals surface area contributed by atoms with Crippen LogP contribution in [0, 0.1) is 62.3 Å². The van der Waals surface area contributed by atoms with Gasteiger partial charge in [0.15, 0.2) is 0 Å². The Bertz CT molecular complexity index is 3910. The molecule has 1 aliphatic carbocycles. The predicted molar refractivity (Wildman–Crippen MR) is 314 cm³/mol. The maximum atomic E-state index is 6.16. The van der Waals surface area contributed by atoms with E-state index in [0.717, 1.165) is 40.4 Å². The molecule has 2 aliphatic heterocycles. The molecule has 0 fully saturated rings. The van der Waals surface area contributed by atoms with Crippen molar-refractivity contribution in [1.29, 1.82) is 0 Å². The standard InChI is InChI=1S/C69H71N5/c1-39-24-27-58-52(30-39)53-36-57-61(37-60(53)73(58)62-35-50(28-29-70-62)66(10,11)12)72(59-23-18-17-22-56(59)67(57,13)14)51-33-48(63-41(3)20-19-21-42(63)4)32-49(34-51)65-71-69(16)55-26-25-40(2)46(8)54(55)38-68(69,15)74(65)64-44(6)31-43(5)45(7)47(64)9/h17-37H,38H2,1-16H3/t68-,69+/m0/s1. The number of rotatable bonds is 5. The van der Waals surface area contributed by atoms with Crippen molar-refractivity contribution in [3.05, 3.63) is 211 Å². The number of pyridine rings is 1. The molecule has 0 spiro atoms. The molecule has 4 heterocycles. The maximum absolute atomic E-state index is 6.16. The van der Waals surface area contributed by atoms with Gasteiger partial charge in [-0.15, -0.1) is 0 Å². The van der Waals surface area contributed by atoms with Crippen LogP contribution in [0.5, 0.6) is 0 Å². The van der Waals surface area contributed by atoms with Gasteiger partial charge in [-0.3, -0.25) is 9.56 Å². The van der Waals surface area contributed by atoms with Crippen molar-refractivity contribution in [2.75, 3.05) is 9.80 Å². The number of amidine groups is 1. The number of aryl methyl sites for hydroxylation is 6. The van der Waals surface area contributed by atoms with E-state index in [4.69, 9.17) is 9.98 Å². The average molecular weight is 970 g/mol. The Labute approximate surface area is 439 Å². The molecule has 5 nitrogen and oxygen atoms in total. The molecule has 0 saturated carbocycles. The van der Waals surface area contributed by atoms with Gasteiger partial charge in [-0.1, -0.05) is 101 Å². The lowest BCUT2D eigenvalue weighted by molar-refractivity contribution is 0.321. The average Bonchev–Trinajstić information content (AvgIpc) is 3.94. The van der Waals surface area contributed by atoms with Crippen molar-refractivity contribution >= 4 is 50.4 Å². The van der Waals surface area contributed by atoms with Crippen LogP contribution < -0.4 is 9.80 Å². The Morgan fingerprint density at radius 1 is 0.541 bits per heavy atom. The molecule has 372 valence electrons. The molecule has 12 rings (SSSR count). The molecule has 0 bridgehead atoms. The molecule has 3 aliphatic rings. The summed E-state index contributed by atoms with van der Waals surface area (Å²) in [6.07, 6.45) is 2.88. The summed E-state index contributed by atoms with van der Waals surface area (Å²) < 4.78 is 2.41. The number of aliphatic imine (C=N–C) groups is 1. The van der Waals surface area contributed by atoms with Gasteiger partial charge in [-0.25, -0.2) is 4.98 Å². The fourth-order valence-corrected chi connectivity index (χ4v) is 13.6. The third-order valence-corrected chi connectivity index (χ3v) is 18.4. The maximum Gasteiger partial charge on any atom is 0.137 e. The highest BCUT2D eigenvalue weighted by Crippen LogP contribution is 2.59. The summed E-state index contributed by atoms with van der Waals surface area (Å²) >= 11 is 0. The molecular formula is C69H71N5. The van der Waals surface area contributed by atoms with Crippen LogP contribution in [0.2, 0.25) is 0 Å². The molecule has 2 atom stereocenters. The zero-order valence-corrected chi connectivity index (χ0v) is 46.6. The Kier molecular flexibility index (Phi) is 10.4. The minimum atomic E-state index is -0.521. The van der Waals surface area contributed by atoms with Crippen LogP contribution >= 0.6 is 0 Å². The van der Waals surface area contributed by atoms with Gasteiger partial charge in [0.05, 0.1) is 27.9 Å². The largest absolute Gasteiger partial charge is 0.317 e. The molecule has 5 heteroatoms. The van der Waals surface area contributed by atoms with Crippen molar-refractivity contribution < 1.29 is 0 Å². The molecule has 0 unspecified atom stereocenters. The first-order valence-electron chi connectivity index (χ1n) is 26.8. The number of nitrogens with zero attached hydrogens (tertiary/aromatic N) is 5. The molecule has 7 aromatic carbocycles. The predicted octanol–water partition coefficient (Wildman–Crippen LogP) is 17.5. The van der Waals surface area contributed by atoms with Crippen LogP contribution in [0.1, 0.15) is 132 Å². The fraction of sp³-hybridized carbons (Fsp3) is 0.304. The van der Waals surface area contributed by atoms with E-state index < -0.39 is 5.54 Å². The molecule has 0 amide bonds. The minimum absolute atomic E-state index is 0.0430. The van der Waals surface area contributed by atoms with Crippen molar-refractivity contribution in [3.63, 3.8) is 0 Å². The van der Waals surface area contributed by atoms with Crippen LogP contribution in [-0.4, -0.2) is 20.9 Å². The SMILES string of the molecule is Cc1ccc2c(c1)c1cc3c(cc1n2-c1cc(C(C)(C)C)ccn1)N(c1cc(C2=N[C@]4(C)c5ccc(C)c(C)c5C[C@]4(C)N2c2c(C)cc(C)c(C)c2C)cc(-c2c(C)cccc2C)c1)c1ccccc1C3(C)C. The van der Waals surface area contributed by atoms with Crippen LogP contribution in [0.3, 0.4) is 0 Å². The lowest BCUT2D eigenvalue weighted by Crippen LogP contribution is -2.54. The van der Waals surface area contributed by atoms with E-state index in [9.17, 15) is 0 Å². The summed E-state index contributed by atoms with van der Waals surface area (Å²) in [6, 6.07) is 46.6. The van der Waals surface area contributed by atoms with E-state index in [1.807, 2.05) is 6.20 Å². The van der Waals surface area contributed by atoms with Gasteiger partial charge in [0.25, 0.3) is 0 Å². The van der Waals surface area contributed by atoms with E-state index in [1.54, 1.807) is 0 Å². The smallest absolute Gasteiger partial charge is 0.137 e. The summed E-state index contributed by atoms with van der Waals surface area (Å²) in [7, 11) is 0. The van der Waals surface area contributed by atoms with E-state index in [2.05, 4.69) is 246 Å². The minimum Gasteiger partial charge on any atom is -0.317 e. The second-order valence-electron chi connectivity index (χ2n) is 24.3. The van der Waals surface area contributed by atoms with Crippen molar-refractivity contribution in [2.24, 2.45) is 4.99 Å². The van der Waals surface area contributed by atoms with E-state index in [1.165, 1.54) is 117 Å². The number of para-hydroxylation sites is 1. The molecule has 0 N–H and O–H groups in total.